The molecular formula is C13H26N2O2. The van der Waals surface area contributed by atoms with E-state index in [1.807, 2.05) is 13.8 Å². The number of hydrogen-bond acceptors (Lipinski definition) is 3. The van der Waals surface area contributed by atoms with Crippen LogP contribution in [-0.2, 0) is 9.53 Å². The Morgan fingerprint density at radius 2 is 2.00 bits per heavy atom. The first-order chi connectivity index (χ1) is 7.91. The molecule has 0 radical (unpaired) electrons. The van der Waals surface area contributed by atoms with Crippen molar-refractivity contribution in [3.05, 3.63) is 0 Å². The monoisotopic (exact) mass is 242 g/mol. The number of ether oxygens (including phenoxy) is 1. The van der Waals surface area contributed by atoms with Crippen molar-refractivity contribution in [1.29, 1.82) is 0 Å². The van der Waals surface area contributed by atoms with Crippen LogP contribution >= 0.6 is 0 Å². The van der Waals surface area contributed by atoms with Crippen LogP contribution in [0.1, 0.15) is 27.7 Å². The van der Waals surface area contributed by atoms with E-state index in [9.17, 15) is 4.79 Å². The smallest absolute Gasteiger partial charge is 0.222 e. The van der Waals surface area contributed by atoms with E-state index in [4.69, 9.17) is 4.74 Å². The summed E-state index contributed by atoms with van der Waals surface area (Å²) in [6, 6.07) is 0.104. The largest absolute Gasteiger partial charge is 0.373 e. The molecule has 100 valence electrons. The number of hydrogen-bond donors (Lipinski definition) is 1. The molecule has 1 saturated heterocycles. The van der Waals surface area contributed by atoms with Gasteiger partial charge in [-0.2, -0.15) is 0 Å². The summed E-state index contributed by atoms with van der Waals surface area (Å²) in [4.78, 5) is 14.1. The van der Waals surface area contributed by atoms with Crippen molar-refractivity contribution in [3.63, 3.8) is 0 Å². The highest BCUT2D eigenvalue weighted by Gasteiger charge is 2.30. The predicted molar refractivity (Wildman–Crippen MR) is 68.8 cm³/mol. The second-order valence-corrected chi connectivity index (χ2v) is 5.60. The minimum atomic E-state index is 0.0255. The van der Waals surface area contributed by atoms with Gasteiger partial charge in [-0.3, -0.25) is 4.79 Å². The number of nitrogens with one attached hydrogen (secondary N) is 1. The van der Waals surface area contributed by atoms with Gasteiger partial charge in [0.2, 0.25) is 5.91 Å². The molecule has 1 amide bonds. The van der Waals surface area contributed by atoms with Crippen LogP contribution in [-0.4, -0.2) is 49.7 Å². The summed E-state index contributed by atoms with van der Waals surface area (Å²) in [7, 11) is 2.09. The molecule has 1 aliphatic rings. The first-order valence-corrected chi connectivity index (χ1v) is 6.52. The highest BCUT2D eigenvalue weighted by Crippen LogP contribution is 2.15. The van der Waals surface area contributed by atoms with Crippen molar-refractivity contribution < 1.29 is 9.53 Å². The molecule has 0 aromatic rings. The van der Waals surface area contributed by atoms with E-state index in [-0.39, 0.29) is 24.0 Å². The van der Waals surface area contributed by atoms with E-state index >= 15 is 0 Å². The Kier molecular flexibility index (Phi) is 5.40. The number of carbonyl (C=O) groups is 1. The molecule has 1 N–H and O–H groups in total. The van der Waals surface area contributed by atoms with Crippen LogP contribution in [0.5, 0.6) is 0 Å². The van der Waals surface area contributed by atoms with E-state index < -0.39 is 0 Å². The number of rotatable bonds is 4. The fourth-order valence-electron chi connectivity index (χ4n) is 2.05. The third-order valence-corrected chi connectivity index (χ3v) is 3.25. The van der Waals surface area contributed by atoms with Crippen molar-refractivity contribution in [2.24, 2.45) is 11.8 Å². The van der Waals surface area contributed by atoms with Gasteiger partial charge in [0.25, 0.3) is 0 Å². The molecule has 1 rings (SSSR count). The van der Waals surface area contributed by atoms with Crippen LogP contribution in [0, 0.1) is 11.8 Å². The van der Waals surface area contributed by atoms with Crippen LogP contribution in [0.3, 0.4) is 0 Å². The molecule has 0 unspecified atom stereocenters. The lowest BCUT2D eigenvalue weighted by Crippen LogP contribution is -2.55. The van der Waals surface area contributed by atoms with E-state index in [0.29, 0.717) is 5.92 Å². The van der Waals surface area contributed by atoms with Gasteiger partial charge in [-0.05, 0) is 13.0 Å². The Bertz CT molecular complexity index is 254. The van der Waals surface area contributed by atoms with Crippen LogP contribution in [0.4, 0.5) is 0 Å². The molecule has 0 aliphatic carbocycles. The molecule has 1 heterocycles. The van der Waals surface area contributed by atoms with Gasteiger partial charge in [0, 0.05) is 19.0 Å². The molecule has 4 heteroatoms. The number of carbonyl (C=O) groups excluding carboxylic acids is 1. The van der Waals surface area contributed by atoms with Gasteiger partial charge in [-0.1, -0.05) is 27.7 Å². The predicted octanol–water partition coefficient (Wildman–Crippen LogP) is 1.11. The quantitative estimate of drug-likeness (QED) is 0.803. The van der Waals surface area contributed by atoms with Gasteiger partial charge >= 0.3 is 0 Å². The maximum absolute atomic E-state index is 11.8. The van der Waals surface area contributed by atoms with E-state index in [0.717, 1.165) is 19.7 Å². The van der Waals surface area contributed by atoms with Crippen molar-refractivity contribution in [2.75, 3.05) is 26.7 Å². The fraction of sp³-hybridized carbons (Fsp3) is 0.923. The van der Waals surface area contributed by atoms with Crippen molar-refractivity contribution in [1.82, 2.24) is 10.2 Å². The summed E-state index contributed by atoms with van der Waals surface area (Å²) in [6.07, 6.45) is 0.108. The van der Waals surface area contributed by atoms with Gasteiger partial charge in [-0.25, -0.2) is 0 Å². The Balaban J connectivity index is 2.61. The second-order valence-electron chi connectivity index (χ2n) is 5.60. The Morgan fingerprint density at radius 3 is 2.47 bits per heavy atom. The number of nitrogens with zero attached hydrogens (tertiary/aromatic N) is 1. The van der Waals surface area contributed by atoms with Gasteiger partial charge in [-0.15, -0.1) is 0 Å². The Morgan fingerprint density at radius 1 is 1.35 bits per heavy atom. The zero-order valence-corrected chi connectivity index (χ0v) is 11.7. The highest BCUT2D eigenvalue weighted by atomic mass is 16.5. The second kappa shape index (κ2) is 6.36. The number of amides is 1. The third kappa shape index (κ3) is 4.28. The zero-order valence-electron chi connectivity index (χ0n) is 11.7. The van der Waals surface area contributed by atoms with Crippen molar-refractivity contribution >= 4 is 5.91 Å². The topological polar surface area (TPSA) is 41.6 Å². The molecule has 0 aromatic heterocycles. The zero-order chi connectivity index (χ0) is 13.0. The maximum Gasteiger partial charge on any atom is 0.222 e. The first-order valence-electron chi connectivity index (χ1n) is 6.52. The maximum atomic E-state index is 11.8. The summed E-state index contributed by atoms with van der Waals surface area (Å²) in [5, 5.41) is 3.12. The molecule has 0 spiro atoms. The number of morpholine rings is 1. The summed E-state index contributed by atoms with van der Waals surface area (Å²) >= 11 is 0. The minimum Gasteiger partial charge on any atom is -0.373 e. The van der Waals surface area contributed by atoms with Crippen molar-refractivity contribution in [2.45, 2.75) is 39.8 Å². The van der Waals surface area contributed by atoms with Gasteiger partial charge in [0.05, 0.1) is 18.8 Å². The summed E-state index contributed by atoms with van der Waals surface area (Å²) in [5.74, 6) is 0.521. The van der Waals surface area contributed by atoms with Gasteiger partial charge in [0.15, 0.2) is 0 Å². The summed E-state index contributed by atoms with van der Waals surface area (Å²) in [5.41, 5.74) is 0. The van der Waals surface area contributed by atoms with Crippen LogP contribution in [0.15, 0.2) is 0 Å². The van der Waals surface area contributed by atoms with Crippen LogP contribution < -0.4 is 5.32 Å². The molecule has 0 aromatic carbocycles. The molecular weight excluding hydrogens is 216 g/mol. The minimum absolute atomic E-state index is 0.0255. The lowest BCUT2D eigenvalue weighted by molar-refractivity contribution is -0.127. The Hall–Kier alpha value is -0.610. The lowest BCUT2D eigenvalue weighted by Gasteiger charge is -2.37. The van der Waals surface area contributed by atoms with Gasteiger partial charge in [0.1, 0.15) is 0 Å². The first kappa shape index (κ1) is 14.5. The lowest BCUT2D eigenvalue weighted by atomic mass is 9.96. The normalized spacial score (nSPS) is 24.1. The van der Waals surface area contributed by atoms with Gasteiger partial charge < -0.3 is 15.0 Å². The average molecular weight is 242 g/mol. The molecule has 17 heavy (non-hydrogen) atoms. The number of likely N-dealkylation sites (N-methyl/N-ethyl adjacent to an activating group) is 1. The van der Waals surface area contributed by atoms with Crippen LogP contribution in [0.25, 0.3) is 0 Å². The average Bonchev–Trinajstić information content (AvgIpc) is 2.24. The molecule has 0 saturated carbocycles. The van der Waals surface area contributed by atoms with E-state index in [1.165, 1.54) is 0 Å². The molecule has 1 aliphatic heterocycles. The highest BCUT2D eigenvalue weighted by molar-refractivity contribution is 5.78. The standard InChI is InChI=1S/C13H26N2O2/c1-9(2)12(14-13(16)10(3)4)11-8-15(5)6-7-17-11/h9-12H,6-8H2,1-5H3,(H,14,16)/t11-,12-/m1/s1. The molecule has 1 fully saturated rings. The van der Waals surface area contributed by atoms with Crippen molar-refractivity contribution in [3.8, 4) is 0 Å². The van der Waals surface area contributed by atoms with Crippen LogP contribution in [0.2, 0.25) is 0 Å². The SMILES string of the molecule is CC(C)C(=O)N[C@H](C(C)C)[C@H]1CN(C)CCO1. The van der Waals surface area contributed by atoms with E-state index in [2.05, 4.69) is 31.1 Å². The third-order valence-electron chi connectivity index (χ3n) is 3.25. The molecule has 0 bridgehead atoms. The summed E-state index contributed by atoms with van der Waals surface area (Å²) in [6.45, 7) is 10.7. The van der Waals surface area contributed by atoms with E-state index in [1.54, 1.807) is 0 Å². The fourth-order valence-corrected chi connectivity index (χ4v) is 2.05. The Labute approximate surface area is 105 Å². The summed E-state index contributed by atoms with van der Waals surface area (Å²) < 4.78 is 5.80. The molecule has 2 atom stereocenters. The molecule has 4 nitrogen and oxygen atoms in total.